The number of ether oxygens (including phenoxy) is 1. The van der Waals surface area contributed by atoms with Crippen LogP contribution in [0.4, 0.5) is 23.1 Å². The molecule has 0 bridgehead atoms. The van der Waals surface area contributed by atoms with Crippen molar-refractivity contribution in [3.05, 3.63) is 29.7 Å². The molecule has 2 aromatic rings. The number of carbonyl (C=O) groups is 1. The fourth-order valence-corrected chi connectivity index (χ4v) is 4.24. The van der Waals surface area contributed by atoms with Crippen LogP contribution in [0.5, 0.6) is 0 Å². The highest BCUT2D eigenvalue weighted by Gasteiger charge is 2.29. The number of aromatic nitrogens is 3. The van der Waals surface area contributed by atoms with Crippen molar-refractivity contribution in [2.75, 3.05) is 41.8 Å². The van der Waals surface area contributed by atoms with Crippen molar-refractivity contribution in [2.24, 2.45) is 5.73 Å². The van der Waals surface area contributed by atoms with Gasteiger partial charge >= 0.3 is 0 Å². The first kappa shape index (κ1) is 23.2. The predicted molar refractivity (Wildman–Crippen MR) is 127 cm³/mol. The Kier molecular flexibility index (Phi) is 6.94. The number of anilines is 4. The third-order valence-corrected chi connectivity index (χ3v) is 6.29. The van der Waals surface area contributed by atoms with E-state index in [9.17, 15) is 9.90 Å². The van der Waals surface area contributed by atoms with Gasteiger partial charge in [-0.1, -0.05) is 6.92 Å². The number of nitrogens with zero attached hydrogens (tertiary/aromatic N) is 4. The average molecular weight is 456 g/mol. The Balaban J connectivity index is 1.54. The zero-order chi connectivity index (χ0) is 23.4. The second-order valence-electron chi connectivity index (χ2n) is 8.98. The summed E-state index contributed by atoms with van der Waals surface area (Å²) in [6, 6.07) is 4.01. The third kappa shape index (κ3) is 5.69. The van der Waals surface area contributed by atoms with E-state index >= 15 is 0 Å². The van der Waals surface area contributed by atoms with E-state index in [0.717, 1.165) is 44.6 Å². The van der Waals surface area contributed by atoms with Gasteiger partial charge in [-0.25, -0.2) is 15.0 Å². The van der Waals surface area contributed by atoms with E-state index in [4.69, 9.17) is 15.5 Å². The van der Waals surface area contributed by atoms with Crippen LogP contribution in [-0.4, -0.2) is 63.9 Å². The molecule has 3 heterocycles. The molecule has 10 nitrogen and oxygen atoms in total. The molecule has 0 aromatic carbocycles. The molecule has 2 fully saturated rings. The van der Waals surface area contributed by atoms with Gasteiger partial charge in [-0.2, -0.15) is 0 Å². The molecule has 0 spiro atoms. The molecule has 1 saturated heterocycles. The standard InChI is InChI=1S/C23H33N7O3/c1-3-17-21(26-15-6-8-23(2,32)9-7-15)29-22(19(28-17)20(24)31)27-16-4-5-18(25-14-16)30-10-12-33-13-11-30/h4-5,14-15,32H,3,6-13H2,1-2H3,(H2,24,31)(H2,26,27,29)/t15-,23+. The SMILES string of the molecule is CCc1nc(C(N)=O)c(Nc2ccc(N3CCOCC3)nc2)nc1N[C@H]1CC[C@@](C)(O)CC1. The Bertz CT molecular complexity index is 965. The minimum absolute atomic E-state index is 0.0984. The number of morpholine rings is 1. The number of rotatable bonds is 7. The van der Waals surface area contributed by atoms with Crippen molar-refractivity contribution < 1.29 is 14.6 Å². The molecule has 0 radical (unpaired) electrons. The maximum atomic E-state index is 12.1. The average Bonchev–Trinajstić information content (AvgIpc) is 2.81. The van der Waals surface area contributed by atoms with Crippen LogP contribution in [0.25, 0.3) is 0 Å². The molecule has 5 N–H and O–H groups in total. The molecule has 2 aromatic heterocycles. The number of aliphatic hydroxyl groups is 1. The summed E-state index contributed by atoms with van der Waals surface area (Å²) >= 11 is 0. The smallest absolute Gasteiger partial charge is 0.271 e. The number of aryl methyl sites for hydroxylation is 1. The number of hydrogen-bond donors (Lipinski definition) is 4. The number of pyridine rings is 1. The minimum Gasteiger partial charge on any atom is -0.390 e. The molecule has 1 aliphatic heterocycles. The fraction of sp³-hybridized carbons (Fsp3) is 0.565. The Hall–Kier alpha value is -2.98. The molecule has 0 atom stereocenters. The summed E-state index contributed by atoms with van der Waals surface area (Å²) in [6.45, 7) is 6.84. The lowest BCUT2D eigenvalue weighted by Gasteiger charge is -2.34. The van der Waals surface area contributed by atoms with Crippen molar-refractivity contribution in [3.63, 3.8) is 0 Å². The zero-order valence-electron chi connectivity index (χ0n) is 19.3. The van der Waals surface area contributed by atoms with E-state index in [1.54, 1.807) is 6.20 Å². The number of primary amides is 1. The molecule has 178 valence electrons. The molecular formula is C23H33N7O3. The van der Waals surface area contributed by atoms with E-state index < -0.39 is 11.5 Å². The summed E-state index contributed by atoms with van der Waals surface area (Å²) in [5.74, 6) is 1.17. The first-order valence-corrected chi connectivity index (χ1v) is 11.6. The first-order valence-electron chi connectivity index (χ1n) is 11.6. The Labute approximate surface area is 194 Å². The Morgan fingerprint density at radius 3 is 2.58 bits per heavy atom. The third-order valence-electron chi connectivity index (χ3n) is 6.29. The van der Waals surface area contributed by atoms with Gasteiger partial charge in [0, 0.05) is 19.1 Å². The summed E-state index contributed by atoms with van der Waals surface area (Å²) < 4.78 is 5.39. The van der Waals surface area contributed by atoms with Crippen LogP contribution in [0.15, 0.2) is 18.3 Å². The van der Waals surface area contributed by atoms with Crippen molar-refractivity contribution in [2.45, 2.75) is 57.6 Å². The summed E-state index contributed by atoms with van der Waals surface area (Å²) in [7, 11) is 0. The van der Waals surface area contributed by atoms with Crippen LogP contribution >= 0.6 is 0 Å². The van der Waals surface area contributed by atoms with Gasteiger partial charge in [0.25, 0.3) is 5.91 Å². The monoisotopic (exact) mass is 455 g/mol. The molecule has 1 aliphatic carbocycles. The van der Waals surface area contributed by atoms with Gasteiger partial charge in [0.05, 0.1) is 36.4 Å². The summed E-state index contributed by atoms with van der Waals surface area (Å²) in [5, 5.41) is 16.9. The predicted octanol–water partition coefficient (Wildman–Crippen LogP) is 2.22. The lowest BCUT2D eigenvalue weighted by molar-refractivity contribution is 0.0196. The maximum Gasteiger partial charge on any atom is 0.271 e. The van der Waals surface area contributed by atoms with E-state index in [-0.39, 0.29) is 11.7 Å². The summed E-state index contributed by atoms with van der Waals surface area (Å²) in [5.41, 5.74) is 6.48. The van der Waals surface area contributed by atoms with Crippen LogP contribution in [0.3, 0.4) is 0 Å². The lowest BCUT2D eigenvalue weighted by Crippen LogP contribution is -2.36. The number of nitrogens with one attached hydrogen (secondary N) is 2. The Morgan fingerprint density at radius 2 is 1.97 bits per heavy atom. The zero-order valence-corrected chi connectivity index (χ0v) is 19.3. The van der Waals surface area contributed by atoms with E-state index in [1.165, 1.54) is 0 Å². The number of carbonyl (C=O) groups excluding carboxylic acids is 1. The molecule has 10 heteroatoms. The fourth-order valence-electron chi connectivity index (χ4n) is 4.24. The maximum absolute atomic E-state index is 12.1. The molecule has 2 aliphatic rings. The van der Waals surface area contributed by atoms with Gasteiger partial charge in [-0.15, -0.1) is 0 Å². The highest BCUT2D eigenvalue weighted by Crippen LogP contribution is 2.31. The van der Waals surface area contributed by atoms with Crippen molar-refractivity contribution in [1.82, 2.24) is 15.0 Å². The van der Waals surface area contributed by atoms with Crippen LogP contribution in [0, 0.1) is 0 Å². The number of amides is 1. The number of nitrogens with two attached hydrogens (primary N) is 1. The quantitative estimate of drug-likeness (QED) is 0.495. The topological polar surface area (TPSA) is 139 Å². The van der Waals surface area contributed by atoms with Crippen molar-refractivity contribution in [1.29, 1.82) is 0 Å². The van der Waals surface area contributed by atoms with Gasteiger partial charge < -0.3 is 31.1 Å². The largest absolute Gasteiger partial charge is 0.390 e. The first-order chi connectivity index (χ1) is 15.8. The van der Waals surface area contributed by atoms with Gasteiger partial charge in [0.15, 0.2) is 11.5 Å². The molecule has 0 unspecified atom stereocenters. The van der Waals surface area contributed by atoms with Gasteiger partial charge in [0.1, 0.15) is 11.6 Å². The van der Waals surface area contributed by atoms with Crippen molar-refractivity contribution >= 4 is 29.0 Å². The summed E-state index contributed by atoms with van der Waals surface area (Å²) in [4.78, 5) is 28.0. The van der Waals surface area contributed by atoms with Crippen molar-refractivity contribution in [3.8, 4) is 0 Å². The molecule has 1 amide bonds. The van der Waals surface area contributed by atoms with Crippen LogP contribution < -0.4 is 21.3 Å². The Morgan fingerprint density at radius 1 is 1.24 bits per heavy atom. The minimum atomic E-state index is -0.641. The molecular weight excluding hydrogens is 422 g/mol. The van der Waals surface area contributed by atoms with E-state index in [1.807, 2.05) is 26.0 Å². The second-order valence-corrected chi connectivity index (χ2v) is 8.98. The van der Waals surface area contributed by atoms with Gasteiger partial charge in [-0.3, -0.25) is 4.79 Å². The highest BCUT2D eigenvalue weighted by molar-refractivity contribution is 5.96. The van der Waals surface area contributed by atoms with Gasteiger partial charge in [0.2, 0.25) is 0 Å². The molecule has 4 rings (SSSR count). The molecule has 33 heavy (non-hydrogen) atoms. The van der Waals surface area contributed by atoms with Crippen LogP contribution in [0.1, 0.15) is 55.7 Å². The van der Waals surface area contributed by atoms with Crippen LogP contribution in [-0.2, 0) is 11.2 Å². The van der Waals surface area contributed by atoms with Crippen LogP contribution in [0.2, 0.25) is 0 Å². The number of hydrogen-bond acceptors (Lipinski definition) is 9. The van der Waals surface area contributed by atoms with Gasteiger partial charge in [-0.05, 0) is 51.2 Å². The lowest BCUT2D eigenvalue weighted by atomic mass is 9.83. The normalized spacial score (nSPS) is 23.2. The van der Waals surface area contributed by atoms with E-state index in [2.05, 4.69) is 25.5 Å². The highest BCUT2D eigenvalue weighted by atomic mass is 16.5. The molecule has 1 saturated carbocycles. The van der Waals surface area contributed by atoms with E-state index in [0.29, 0.717) is 42.7 Å². The summed E-state index contributed by atoms with van der Waals surface area (Å²) in [6.07, 6.45) is 5.45. The second kappa shape index (κ2) is 9.88.